The molecule has 0 aromatic heterocycles. The summed E-state index contributed by atoms with van der Waals surface area (Å²) in [4.78, 5) is 24.3. The summed E-state index contributed by atoms with van der Waals surface area (Å²) >= 11 is 0. The average Bonchev–Trinajstić information content (AvgIpc) is 2.37. The summed E-state index contributed by atoms with van der Waals surface area (Å²) in [6.07, 6.45) is 4.26. The van der Waals surface area contributed by atoms with Gasteiger partial charge in [-0.2, -0.15) is 0 Å². The number of piperidine rings is 1. The maximum Gasteiger partial charge on any atom is 0.396 e. The molecule has 1 aliphatic rings. The van der Waals surface area contributed by atoms with Crippen molar-refractivity contribution in [2.24, 2.45) is 5.41 Å². The van der Waals surface area contributed by atoms with Crippen LogP contribution in [0.1, 0.15) is 39.5 Å². The third-order valence-corrected chi connectivity index (χ3v) is 3.97. The summed E-state index contributed by atoms with van der Waals surface area (Å²) in [6.45, 7) is 5.74. The van der Waals surface area contributed by atoms with Gasteiger partial charge in [0.25, 0.3) is 0 Å². The van der Waals surface area contributed by atoms with Gasteiger partial charge in [0.05, 0.1) is 7.11 Å². The number of hydrogen-bond donors (Lipinski definition) is 0. The Bertz CT molecular complexity index is 261. The van der Waals surface area contributed by atoms with Gasteiger partial charge in [-0.25, -0.2) is 4.79 Å². The van der Waals surface area contributed by atoms with E-state index in [1.807, 2.05) is 0 Å². The lowest BCUT2D eigenvalue weighted by molar-refractivity contribution is -0.159. The van der Waals surface area contributed by atoms with Crippen molar-refractivity contribution in [2.45, 2.75) is 39.5 Å². The summed E-state index contributed by atoms with van der Waals surface area (Å²) < 4.78 is 4.44. The van der Waals surface area contributed by atoms with Gasteiger partial charge in [0, 0.05) is 13.1 Å². The number of amides is 1. The Kier molecular flexibility index (Phi) is 4.33. The molecule has 1 amide bonds. The number of likely N-dealkylation sites (tertiary alicyclic amines) is 1. The first kappa shape index (κ1) is 13.0. The molecule has 0 aromatic rings. The molecule has 1 rings (SSSR count). The van der Waals surface area contributed by atoms with Crippen LogP contribution in [-0.2, 0) is 14.3 Å². The first-order valence-corrected chi connectivity index (χ1v) is 5.96. The van der Waals surface area contributed by atoms with Crippen LogP contribution in [0.3, 0.4) is 0 Å². The van der Waals surface area contributed by atoms with E-state index in [0.717, 1.165) is 25.7 Å². The van der Waals surface area contributed by atoms with Crippen LogP contribution in [0.5, 0.6) is 0 Å². The number of hydrogen-bond acceptors (Lipinski definition) is 3. The monoisotopic (exact) mass is 227 g/mol. The van der Waals surface area contributed by atoms with Gasteiger partial charge in [0.1, 0.15) is 0 Å². The van der Waals surface area contributed by atoms with Crippen molar-refractivity contribution < 1.29 is 14.3 Å². The van der Waals surface area contributed by atoms with E-state index < -0.39 is 11.9 Å². The molecule has 0 atom stereocenters. The van der Waals surface area contributed by atoms with Crippen molar-refractivity contribution in [1.29, 1.82) is 0 Å². The van der Waals surface area contributed by atoms with Gasteiger partial charge in [-0.15, -0.1) is 0 Å². The topological polar surface area (TPSA) is 46.6 Å². The lowest BCUT2D eigenvalue weighted by Gasteiger charge is -2.40. The lowest BCUT2D eigenvalue weighted by Crippen LogP contribution is -2.45. The summed E-state index contributed by atoms with van der Waals surface area (Å²) in [5.41, 5.74) is 0.368. The molecule has 0 aliphatic carbocycles. The van der Waals surface area contributed by atoms with Gasteiger partial charge in [-0.3, -0.25) is 4.79 Å². The van der Waals surface area contributed by atoms with E-state index in [1.54, 1.807) is 4.90 Å². The molecule has 0 bridgehead atoms. The minimum atomic E-state index is -0.750. The zero-order valence-electron chi connectivity index (χ0n) is 10.4. The van der Waals surface area contributed by atoms with Gasteiger partial charge in [0.2, 0.25) is 0 Å². The van der Waals surface area contributed by atoms with Crippen LogP contribution in [0, 0.1) is 5.41 Å². The Balaban J connectivity index is 2.55. The first-order valence-electron chi connectivity index (χ1n) is 5.96. The van der Waals surface area contributed by atoms with Crippen LogP contribution in [0.4, 0.5) is 0 Å². The molecule has 0 saturated carbocycles. The maximum absolute atomic E-state index is 11.6. The number of nitrogens with zero attached hydrogens (tertiary/aromatic N) is 1. The Morgan fingerprint density at radius 1 is 1.19 bits per heavy atom. The Labute approximate surface area is 96.9 Å². The molecule has 16 heavy (non-hydrogen) atoms. The largest absolute Gasteiger partial charge is 0.462 e. The molecule has 4 nitrogen and oxygen atoms in total. The predicted molar refractivity (Wildman–Crippen MR) is 60.8 cm³/mol. The molecule has 1 aliphatic heterocycles. The average molecular weight is 227 g/mol. The molecule has 0 N–H and O–H groups in total. The van der Waals surface area contributed by atoms with Crippen molar-refractivity contribution in [3.63, 3.8) is 0 Å². The Hall–Kier alpha value is -1.06. The SMILES string of the molecule is CCC1(CC)CCN(C(=O)C(=O)OC)CC1. The molecule has 4 heteroatoms. The molecular weight excluding hydrogens is 206 g/mol. The highest BCUT2D eigenvalue weighted by Crippen LogP contribution is 2.37. The van der Waals surface area contributed by atoms with Crippen molar-refractivity contribution in [1.82, 2.24) is 4.90 Å². The molecule has 1 heterocycles. The predicted octanol–water partition coefficient (Wildman–Crippen LogP) is 1.59. The molecule has 0 unspecified atom stereocenters. The highest BCUT2D eigenvalue weighted by Gasteiger charge is 2.34. The lowest BCUT2D eigenvalue weighted by atomic mass is 9.74. The number of rotatable bonds is 2. The molecule has 0 aromatic carbocycles. The quantitative estimate of drug-likeness (QED) is 0.531. The van der Waals surface area contributed by atoms with Gasteiger partial charge < -0.3 is 9.64 Å². The zero-order valence-corrected chi connectivity index (χ0v) is 10.4. The van der Waals surface area contributed by atoms with Crippen LogP contribution in [0.25, 0.3) is 0 Å². The van der Waals surface area contributed by atoms with E-state index >= 15 is 0 Å². The molecule has 0 radical (unpaired) electrons. The Morgan fingerprint density at radius 2 is 1.69 bits per heavy atom. The first-order chi connectivity index (χ1) is 7.58. The standard InChI is InChI=1S/C12H21NO3/c1-4-12(5-2)6-8-13(9-7-12)10(14)11(15)16-3/h4-9H2,1-3H3. The van der Waals surface area contributed by atoms with Crippen LogP contribution in [0.15, 0.2) is 0 Å². The summed E-state index contributed by atoms with van der Waals surface area (Å²) in [7, 11) is 1.24. The second kappa shape index (κ2) is 5.32. The third kappa shape index (κ3) is 2.54. The maximum atomic E-state index is 11.6. The van der Waals surface area contributed by atoms with Crippen LogP contribution < -0.4 is 0 Å². The van der Waals surface area contributed by atoms with Crippen molar-refractivity contribution in [3.8, 4) is 0 Å². The van der Waals surface area contributed by atoms with Crippen LogP contribution >= 0.6 is 0 Å². The van der Waals surface area contributed by atoms with E-state index in [4.69, 9.17) is 0 Å². The number of carbonyl (C=O) groups excluding carboxylic acids is 2. The van der Waals surface area contributed by atoms with E-state index in [9.17, 15) is 9.59 Å². The fourth-order valence-electron chi connectivity index (χ4n) is 2.36. The van der Waals surface area contributed by atoms with E-state index in [1.165, 1.54) is 7.11 Å². The summed E-state index contributed by atoms with van der Waals surface area (Å²) in [5.74, 6) is -1.25. The second-order valence-corrected chi connectivity index (χ2v) is 4.49. The van der Waals surface area contributed by atoms with Gasteiger partial charge in [-0.05, 0) is 18.3 Å². The Morgan fingerprint density at radius 3 is 2.06 bits per heavy atom. The summed E-state index contributed by atoms with van der Waals surface area (Å²) in [6, 6.07) is 0. The minimum Gasteiger partial charge on any atom is -0.462 e. The van der Waals surface area contributed by atoms with Gasteiger partial charge in [-0.1, -0.05) is 26.7 Å². The highest BCUT2D eigenvalue weighted by molar-refractivity contribution is 6.32. The smallest absolute Gasteiger partial charge is 0.396 e. The molecule has 1 saturated heterocycles. The third-order valence-electron chi connectivity index (χ3n) is 3.97. The van der Waals surface area contributed by atoms with Crippen molar-refractivity contribution in [3.05, 3.63) is 0 Å². The number of methoxy groups -OCH3 is 1. The normalized spacial score (nSPS) is 19.3. The van der Waals surface area contributed by atoms with Crippen molar-refractivity contribution >= 4 is 11.9 Å². The zero-order chi connectivity index (χ0) is 12.2. The minimum absolute atomic E-state index is 0.368. The molecule has 92 valence electrons. The highest BCUT2D eigenvalue weighted by atomic mass is 16.5. The van der Waals surface area contributed by atoms with Gasteiger partial charge in [0.15, 0.2) is 0 Å². The van der Waals surface area contributed by atoms with E-state index in [-0.39, 0.29) is 0 Å². The van der Waals surface area contributed by atoms with Crippen LogP contribution in [0.2, 0.25) is 0 Å². The van der Waals surface area contributed by atoms with E-state index in [2.05, 4.69) is 18.6 Å². The van der Waals surface area contributed by atoms with E-state index in [0.29, 0.717) is 18.5 Å². The molecule has 0 spiro atoms. The molecular formula is C12H21NO3. The van der Waals surface area contributed by atoms with Gasteiger partial charge >= 0.3 is 11.9 Å². The number of esters is 1. The second-order valence-electron chi connectivity index (χ2n) is 4.49. The number of carbonyl (C=O) groups is 2. The van der Waals surface area contributed by atoms with Crippen LogP contribution in [-0.4, -0.2) is 37.0 Å². The van der Waals surface area contributed by atoms with Crippen molar-refractivity contribution in [2.75, 3.05) is 20.2 Å². The fourth-order valence-corrected chi connectivity index (χ4v) is 2.36. The number of ether oxygens (including phenoxy) is 1. The fraction of sp³-hybridized carbons (Fsp3) is 0.833. The molecule has 1 fully saturated rings. The summed E-state index contributed by atoms with van der Waals surface area (Å²) in [5, 5.41) is 0.